The fourth-order valence-electron chi connectivity index (χ4n) is 6.12. The van der Waals surface area contributed by atoms with Crippen LogP contribution in [0.2, 0.25) is 0 Å². The second-order valence-corrected chi connectivity index (χ2v) is 13.1. The molecule has 47 heavy (non-hydrogen) atoms. The van der Waals surface area contributed by atoms with Gasteiger partial charge >= 0.3 is 12.1 Å². The molecule has 4 rings (SSSR count). The van der Waals surface area contributed by atoms with Crippen LogP contribution in [0.25, 0.3) is 0 Å². The maximum Gasteiger partial charge on any atom is 0.511 e. The molecule has 1 atom stereocenters. The van der Waals surface area contributed by atoms with Crippen molar-refractivity contribution in [2.45, 2.75) is 51.7 Å². The number of thiophene rings is 1. The number of rotatable bonds is 17. The normalized spacial score (nSPS) is 15.3. The number of nitro benzene ring substituents is 2. The van der Waals surface area contributed by atoms with Crippen LogP contribution < -0.4 is 0 Å². The molecular formula is C33H42N4O9S+2. The van der Waals surface area contributed by atoms with Gasteiger partial charge in [-0.25, -0.2) is 4.79 Å². The summed E-state index contributed by atoms with van der Waals surface area (Å²) in [6.07, 6.45) is 3.21. The van der Waals surface area contributed by atoms with Crippen molar-refractivity contribution < 1.29 is 42.6 Å². The minimum Gasteiger partial charge on any atom is -0.428 e. The van der Waals surface area contributed by atoms with Gasteiger partial charge < -0.3 is 23.2 Å². The summed E-state index contributed by atoms with van der Waals surface area (Å²) in [4.78, 5) is 45.8. The zero-order valence-electron chi connectivity index (χ0n) is 26.6. The van der Waals surface area contributed by atoms with Crippen LogP contribution in [0.5, 0.6) is 0 Å². The largest absolute Gasteiger partial charge is 0.511 e. The van der Waals surface area contributed by atoms with Gasteiger partial charge in [-0.05, 0) is 60.4 Å². The number of non-ortho nitro benzene ring substituents is 2. The van der Waals surface area contributed by atoms with E-state index in [9.17, 15) is 29.8 Å². The highest BCUT2D eigenvalue weighted by atomic mass is 32.1. The summed E-state index contributed by atoms with van der Waals surface area (Å²) in [5, 5.41) is 26.1. The van der Waals surface area contributed by atoms with Crippen LogP contribution >= 0.6 is 11.3 Å². The SMILES string of the molecule is C[N+](CCOC(=O)OCOC(=O)CCC[N+]1(Cc2ccc([N+](=O)[O-])cc2)CCCCC1)(Cc1ccc([N+](=O)[O-])cc1)Cc1ccsc1. The molecule has 1 saturated heterocycles. The zero-order valence-corrected chi connectivity index (χ0v) is 27.4. The molecule has 0 amide bonds. The Balaban J connectivity index is 1.18. The number of esters is 1. The first-order valence-electron chi connectivity index (χ1n) is 15.7. The molecule has 0 N–H and O–H groups in total. The van der Waals surface area contributed by atoms with Gasteiger partial charge in [0.05, 0.1) is 42.9 Å². The fraction of sp³-hybridized carbons (Fsp3) is 0.455. The monoisotopic (exact) mass is 670 g/mol. The van der Waals surface area contributed by atoms with Crippen molar-refractivity contribution in [2.75, 3.05) is 46.6 Å². The first kappa shape index (κ1) is 35.5. The first-order chi connectivity index (χ1) is 22.5. The van der Waals surface area contributed by atoms with Gasteiger partial charge in [0, 0.05) is 47.4 Å². The zero-order chi connectivity index (χ0) is 33.7. The van der Waals surface area contributed by atoms with Crippen LogP contribution in [0.4, 0.5) is 16.2 Å². The molecule has 0 spiro atoms. The number of likely N-dealkylation sites (N-methyl/N-ethyl adjacent to an activating group) is 1. The number of nitro groups is 2. The van der Waals surface area contributed by atoms with E-state index in [-0.39, 0.29) is 24.4 Å². The van der Waals surface area contributed by atoms with E-state index >= 15 is 0 Å². The Labute approximate surface area is 277 Å². The summed E-state index contributed by atoms with van der Waals surface area (Å²) in [6, 6.07) is 15.1. The smallest absolute Gasteiger partial charge is 0.428 e. The molecule has 14 heteroatoms. The quantitative estimate of drug-likeness (QED) is 0.0527. The number of benzene rings is 2. The van der Waals surface area contributed by atoms with Crippen LogP contribution in [-0.4, -0.2) is 77.6 Å². The van der Waals surface area contributed by atoms with Gasteiger partial charge in [0.25, 0.3) is 11.4 Å². The number of quaternary nitrogens is 2. The van der Waals surface area contributed by atoms with E-state index < -0.39 is 28.8 Å². The highest BCUT2D eigenvalue weighted by molar-refractivity contribution is 7.07. The Morgan fingerprint density at radius 1 is 0.830 bits per heavy atom. The maximum absolute atomic E-state index is 12.4. The molecule has 2 heterocycles. The second kappa shape index (κ2) is 17.0. The number of ether oxygens (including phenoxy) is 3. The molecule has 13 nitrogen and oxygen atoms in total. The molecule has 252 valence electrons. The lowest BCUT2D eigenvalue weighted by atomic mass is 10.0. The summed E-state index contributed by atoms with van der Waals surface area (Å²) >= 11 is 1.59. The third-order valence-corrected chi connectivity index (χ3v) is 9.28. The molecule has 1 fully saturated rings. The van der Waals surface area contributed by atoms with Gasteiger partial charge in [0.15, 0.2) is 0 Å². The summed E-state index contributed by atoms with van der Waals surface area (Å²) < 4.78 is 16.7. The summed E-state index contributed by atoms with van der Waals surface area (Å²) in [5.41, 5.74) is 3.18. The molecule has 1 aliphatic heterocycles. The van der Waals surface area contributed by atoms with Crippen molar-refractivity contribution in [3.05, 3.63) is 102 Å². The van der Waals surface area contributed by atoms with E-state index in [4.69, 9.17) is 14.2 Å². The maximum atomic E-state index is 12.4. The lowest BCUT2D eigenvalue weighted by molar-refractivity contribution is -0.945. The molecule has 0 aliphatic carbocycles. The Bertz CT molecular complexity index is 1480. The van der Waals surface area contributed by atoms with Gasteiger partial charge in [0.2, 0.25) is 6.79 Å². The molecular weight excluding hydrogens is 628 g/mol. The molecule has 0 bridgehead atoms. The van der Waals surface area contributed by atoms with E-state index in [0.717, 1.165) is 60.2 Å². The second-order valence-electron chi connectivity index (χ2n) is 12.3. The average Bonchev–Trinajstić information content (AvgIpc) is 3.54. The Morgan fingerprint density at radius 3 is 2.04 bits per heavy atom. The van der Waals surface area contributed by atoms with Crippen LogP contribution in [-0.2, 0) is 38.6 Å². The van der Waals surface area contributed by atoms with E-state index in [1.807, 2.05) is 18.5 Å². The standard InChI is InChI=1S/C33H42N4O9S/c1-36(23-29-15-21-47-25-29,22-27-7-11-30(12-8-27)34(40)41)19-20-44-33(39)46-26-45-32(38)6-5-18-37(16-3-2-4-17-37)24-28-9-13-31(14-10-28)35(42)43/h7-15,21,25H,2-6,16-20,22-24,26H2,1H3/q+2. The summed E-state index contributed by atoms with van der Waals surface area (Å²) in [7, 11) is 2.03. The van der Waals surface area contributed by atoms with Gasteiger partial charge in [-0.15, -0.1) is 0 Å². The van der Waals surface area contributed by atoms with E-state index in [1.54, 1.807) is 35.6 Å². The topological polar surface area (TPSA) is 148 Å². The molecule has 0 saturated carbocycles. The molecule has 3 aromatic rings. The number of hydrogen-bond acceptors (Lipinski definition) is 10. The number of nitrogens with zero attached hydrogens (tertiary/aromatic N) is 4. The van der Waals surface area contributed by atoms with Crippen molar-refractivity contribution in [3.8, 4) is 0 Å². The van der Waals surface area contributed by atoms with Crippen LogP contribution in [0, 0.1) is 20.2 Å². The lowest BCUT2D eigenvalue weighted by Crippen LogP contribution is -2.51. The number of carbonyl (C=O) groups excluding carboxylic acids is 2. The van der Waals surface area contributed by atoms with Gasteiger partial charge in [-0.2, -0.15) is 11.3 Å². The van der Waals surface area contributed by atoms with Crippen molar-refractivity contribution in [1.29, 1.82) is 0 Å². The number of hydrogen-bond donors (Lipinski definition) is 0. The Morgan fingerprint density at radius 2 is 1.45 bits per heavy atom. The third kappa shape index (κ3) is 11.4. The lowest BCUT2D eigenvalue weighted by Gasteiger charge is -2.41. The van der Waals surface area contributed by atoms with Crippen molar-refractivity contribution in [1.82, 2.24) is 0 Å². The molecule has 2 aromatic carbocycles. The summed E-state index contributed by atoms with van der Waals surface area (Å²) in [5.74, 6) is -0.466. The van der Waals surface area contributed by atoms with Gasteiger partial charge in [-0.3, -0.25) is 25.0 Å². The molecule has 1 unspecified atom stereocenters. The Hall–Kier alpha value is -4.40. The third-order valence-electron chi connectivity index (χ3n) is 8.55. The molecule has 1 aliphatic rings. The number of likely N-dealkylation sites (tertiary alicyclic amines) is 1. The highest BCUT2D eigenvalue weighted by Gasteiger charge is 2.30. The van der Waals surface area contributed by atoms with Gasteiger partial charge in [-0.1, -0.05) is 0 Å². The predicted molar refractivity (Wildman–Crippen MR) is 174 cm³/mol. The number of piperidine rings is 1. The molecule has 0 radical (unpaired) electrons. The van der Waals surface area contributed by atoms with Gasteiger partial charge in [0.1, 0.15) is 32.8 Å². The van der Waals surface area contributed by atoms with Crippen molar-refractivity contribution in [2.24, 2.45) is 0 Å². The van der Waals surface area contributed by atoms with Crippen LogP contribution in [0.3, 0.4) is 0 Å². The van der Waals surface area contributed by atoms with E-state index in [1.165, 1.54) is 30.7 Å². The minimum atomic E-state index is -0.934. The van der Waals surface area contributed by atoms with E-state index in [2.05, 4.69) is 5.38 Å². The number of carbonyl (C=O) groups is 2. The Kier molecular flexibility index (Phi) is 12.8. The van der Waals surface area contributed by atoms with E-state index in [0.29, 0.717) is 30.5 Å². The molecule has 1 aromatic heterocycles. The van der Waals surface area contributed by atoms with Crippen molar-refractivity contribution >= 4 is 34.8 Å². The predicted octanol–water partition coefficient (Wildman–Crippen LogP) is 6.35. The van der Waals surface area contributed by atoms with Crippen LogP contribution in [0.15, 0.2) is 65.4 Å². The average molecular weight is 671 g/mol. The summed E-state index contributed by atoms with van der Waals surface area (Å²) in [6.45, 7) is 4.72. The minimum absolute atomic E-state index is 0.0274. The highest BCUT2D eigenvalue weighted by Crippen LogP contribution is 2.25. The van der Waals surface area contributed by atoms with Crippen LogP contribution in [0.1, 0.15) is 48.8 Å². The van der Waals surface area contributed by atoms with Crippen molar-refractivity contribution in [3.63, 3.8) is 0 Å². The first-order valence-corrected chi connectivity index (χ1v) is 16.6. The fourth-order valence-corrected chi connectivity index (χ4v) is 6.78.